The minimum absolute atomic E-state index is 0.212. The molecule has 0 bridgehead atoms. The van der Waals surface area contributed by atoms with Gasteiger partial charge in [0.05, 0.1) is 0 Å². The van der Waals surface area contributed by atoms with Crippen LogP contribution in [0.25, 0.3) is 0 Å². The second-order valence-corrected chi connectivity index (χ2v) is 4.05. The first-order valence-electron chi connectivity index (χ1n) is 5.30. The smallest absolute Gasteiger partial charge is 0.308 e. The maximum Gasteiger partial charge on any atom is 0.308 e. The van der Waals surface area contributed by atoms with E-state index in [0.29, 0.717) is 18.1 Å². The van der Waals surface area contributed by atoms with Crippen molar-refractivity contribution in [2.75, 3.05) is 0 Å². The molecule has 0 aromatic carbocycles. The average molecular weight is 206 g/mol. The van der Waals surface area contributed by atoms with Gasteiger partial charge in [-0.3, -0.25) is 9.59 Å². The molecule has 2 rings (SSSR count). The Morgan fingerprint density at radius 2 is 2.33 bits per heavy atom. The van der Waals surface area contributed by atoms with Crippen LogP contribution < -0.4 is 0 Å². The molecule has 1 atom stereocenters. The molecule has 0 aliphatic heterocycles. The van der Waals surface area contributed by atoms with E-state index in [1.54, 1.807) is 6.08 Å². The molecular formula is C12H14O3. The topological polar surface area (TPSA) is 43.4 Å². The lowest BCUT2D eigenvalue weighted by atomic mass is 9.79. The summed E-state index contributed by atoms with van der Waals surface area (Å²) in [6, 6.07) is 0. The Hall–Kier alpha value is -1.38. The molecule has 2 aliphatic carbocycles. The number of carbonyl (C=O) groups excluding carboxylic acids is 2. The van der Waals surface area contributed by atoms with Crippen molar-refractivity contribution in [1.82, 2.24) is 0 Å². The Kier molecular flexibility index (Phi) is 2.71. The number of carbonyl (C=O) groups is 2. The summed E-state index contributed by atoms with van der Waals surface area (Å²) in [6.45, 7) is 1.37. The summed E-state index contributed by atoms with van der Waals surface area (Å²) >= 11 is 0. The summed E-state index contributed by atoms with van der Waals surface area (Å²) in [5.41, 5.74) is 0.847. The minimum Gasteiger partial charge on any atom is -0.427 e. The monoisotopic (exact) mass is 206 g/mol. The third kappa shape index (κ3) is 2.17. The Morgan fingerprint density at radius 3 is 3.07 bits per heavy atom. The van der Waals surface area contributed by atoms with Gasteiger partial charge in [0.1, 0.15) is 5.76 Å². The molecule has 3 nitrogen and oxygen atoms in total. The van der Waals surface area contributed by atoms with Crippen molar-refractivity contribution < 1.29 is 14.3 Å². The first-order valence-corrected chi connectivity index (χ1v) is 5.30. The fourth-order valence-corrected chi connectivity index (χ4v) is 2.19. The van der Waals surface area contributed by atoms with Gasteiger partial charge in [-0.05, 0) is 37.3 Å². The van der Waals surface area contributed by atoms with Gasteiger partial charge in [-0.1, -0.05) is 0 Å². The molecule has 15 heavy (non-hydrogen) atoms. The van der Waals surface area contributed by atoms with Gasteiger partial charge in [0.25, 0.3) is 0 Å². The summed E-state index contributed by atoms with van der Waals surface area (Å²) in [4.78, 5) is 22.4. The molecule has 1 saturated carbocycles. The molecule has 0 saturated heterocycles. The number of ketones is 1. The van der Waals surface area contributed by atoms with Crippen LogP contribution in [-0.4, -0.2) is 11.8 Å². The van der Waals surface area contributed by atoms with Crippen LogP contribution >= 0.6 is 0 Å². The number of ether oxygens (including phenoxy) is 1. The van der Waals surface area contributed by atoms with Gasteiger partial charge >= 0.3 is 5.97 Å². The van der Waals surface area contributed by atoms with E-state index in [9.17, 15) is 9.59 Å². The van der Waals surface area contributed by atoms with E-state index in [1.165, 1.54) is 6.92 Å². The van der Waals surface area contributed by atoms with Gasteiger partial charge in [0.2, 0.25) is 0 Å². The van der Waals surface area contributed by atoms with Gasteiger partial charge in [-0.25, -0.2) is 0 Å². The van der Waals surface area contributed by atoms with E-state index in [0.717, 1.165) is 24.8 Å². The van der Waals surface area contributed by atoms with E-state index in [4.69, 9.17) is 4.74 Å². The van der Waals surface area contributed by atoms with Crippen molar-refractivity contribution >= 4 is 11.8 Å². The largest absolute Gasteiger partial charge is 0.427 e. The highest BCUT2D eigenvalue weighted by Gasteiger charge is 2.27. The normalized spacial score (nSPS) is 25.1. The summed E-state index contributed by atoms with van der Waals surface area (Å²) in [5, 5.41) is 0. The number of esters is 1. The lowest BCUT2D eigenvalue weighted by Crippen LogP contribution is -2.21. The number of hydrogen-bond acceptors (Lipinski definition) is 3. The quantitative estimate of drug-likeness (QED) is 0.617. The summed E-state index contributed by atoms with van der Waals surface area (Å²) < 4.78 is 4.98. The van der Waals surface area contributed by atoms with E-state index < -0.39 is 0 Å². The van der Waals surface area contributed by atoms with Gasteiger partial charge in [-0.2, -0.15) is 0 Å². The van der Waals surface area contributed by atoms with E-state index in [-0.39, 0.29) is 11.8 Å². The van der Waals surface area contributed by atoms with Gasteiger partial charge in [-0.15, -0.1) is 0 Å². The Balaban J connectivity index is 2.17. The van der Waals surface area contributed by atoms with Crippen LogP contribution in [0.2, 0.25) is 0 Å². The van der Waals surface area contributed by atoms with Crippen molar-refractivity contribution in [3.63, 3.8) is 0 Å². The van der Waals surface area contributed by atoms with Crippen LogP contribution in [0.1, 0.15) is 32.6 Å². The molecular weight excluding hydrogens is 192 g/mol. The first-order chi connectivity index (χ1) is 7.16. The standard InChI is InChI=1S/C12H14O3/c1-8(13)15-10-6-5-9-3-2-4-12(14)11(9)7-10/h6-7,9H,2-5H2,1H3. The first kappa shape index (κ1) is 10.1. The lowest BCUT2D eigenvalue weighted by Gasteiger charge is -2.26. The van der Waals surface area contributed by atoms with Crippen LogP contribution in [-0.2, 0) is 14.3 Å². The summed E-state index contributed by atoms with van der Waals surface area (Å²) in [7, 11) is 0. The van der Waals surface area contributed by atoms with E-state index >= 15 is 0 Å². The highest BCUT2D eigenvalue weighted by atomic mass is 16.5. The van der Waals surface area contributed by atoms with Crippen LogP contribution in [0.4, 0.5) is 0 Å². The highest BCUT2D eigenvalue weighted by Crippen LogP contribution is 2.34. The van der Waals surface area contributed by atoms with Crippen molar-refractivity contribution in [2.24, 2.45) is 5.92 Å². The van der Waals surface area contributed by atoms with Crippen molar-refractivity contribution in [1.29, 1.82) is 0 Å². The van der Waals surface area contributed by atoms with Crippen LogP contribution in [0.5, 0.6) is 0 Å². The number of rotatable bonds is 1. The molecule has 80 valence electrons. The Morgan fingerprint density at radius 1 is 1.53 bits per heavy atom. The number of Topliss-reactive ketones (excluding diaryl/α,β-unsaturated/α-hetero) is 1. The average Bonchev–Trinajstić information content (AvgIpc) is 2.18. The number of allylic oxidation sites excluding steroid dienone is 3. The van der Waals surface area contributed by atoms with Crippen molar-refractivity contribution in [3.8, 4) is 0 Å². The molecule has 0 N–H and O–H groups in total. The fraction of sp³-hybridized carbons (Fsp3) is 0.500. The van der Waals surface area contributed by atoms with Crippen molar-refractivity contribution in [2.45, 2.75) is 32.6 Å². The lowest BCUT2D eigenvalue weighted by molar-refractivity contribution is -0.136. The SMILES string of the molecule is CC(=O)OC1=CCC2CCCC(=O)C2=C1. The molecule has 1 unspecified atom stereocenters. The molecule has 0 amide bonds. The molecule has 0 radical (unpaired) electrons. The molecule has 3 heteroatoms. The third-order valence-electron chi connectivity index (χ3n) is 2.88. The minimum atomic E-state index is -0.334. The fourth-order valence-electron chi connectivity index (χ4n) is 2.19. The van der Waals surface area contributed by atoms with Gasteiger partial charge in [0, 0.05) is 18.9 Å². The zero-order valence-corrected chi connectivity index (χ0v) is 8.79. The zero-order chi connectivity index (χ0) is 10.8. The second kappa shape index (κ2) is 4.01. The molecule has 1 fully saturated rings. The van der Waals surface area contributed by atoms with Crippen LogP contribution in [0, 0.1) is 5.92 Å². The Bertz CT molecular complexity index is 363. The molecule has 2 aliphatic rings. The molecule has 0 spiro atoms. The van der Waals surface area contributed by atoms with Crippen molar-refractivity contribution in [3.05, 3.63) is 23.5 Å². The number of hydrogen-bond donors (Lipinski definition) is 0. The molecule has 0 heterocycles. The Labute approximate surface area is 88.8 Å². The highest BCUT2D eigenvalue weighted by molar-refractivity contribution is 5.97. The zero-order valence-electron chi connectivity index (χ0n) is 8.79. The van der Waals surface area contributed by atoms with E-state index in [1.807, 2.05) is 6.08 Å². The van der Waals surface area contributed by atoms with Gasteiger partial charge in [0.15, 0.2) is 5.78 Å². The maximum atomic E-state index is 11.6. The van der Waals surface area contributed by atoms with Crippen LogP contribution in [0.3, 0.4) is 0 Å². The maximum absolute atomic E-state index is 11.6. The molecule has 0 aromatic rings. The van der Waals surface area contributed by atoms with E-state index in [2.05, 4.69) is 0 Å². The predicted octanol–water partition coefficient (Wildman–Crippen LogP) is 2.13. The second-order valence-electron chi connectivity index (χ2n) is 4.05. The summed E-state index contributed by atoms with van der Waals surface area (Å²) in [5.74, 6) is 0.762. The van der Waals surface area contributed by atoms with Crippen LogP contribution in [0.15, 0.2) is 23.5 Å². The molecule has 0 aromatic heterocycles. The number of fused-ring (bicyclic) bond motifs is 1. The third-order valence-corrected chi connectivity index (χ3v) is 2.88. The van der Waals surface area contributed by atoms with Gasteiger partial charge < -0.3 is 4.74 Å². The summed E-state index contributed by atoms with van der Waals surface area (Å²) in [6.07, 6.45) is 7.14. The predicted molar refractivity (Wildman–Crippen MR) is 54.9 cm³/mol.